The van der Waals surface area contributed by atoms with Crippen LogP contribution in [0.25, 0.3) is 50.5 Å². The molecular formula is C44H43N7. The first kappa shape index (κ1) is 30.3. The Labute approximate surface area is 298 Å². The van der Waals surface area contributed by atoms with E-state index < -0.39 is 0 Å². The van der Waals surface area contributed by atoms with Gasteiger partial charge in [0.25, 0.3) is 0 Å². The predicted molar refractivity (Wildman–Crippen MR) is 206 cm³/mol. The number of hydrogen-bond acceptors (Lipinski definition) is 2. The summed E-state index contributed by atoms with van der Waals surface area (Å²) in [5, 5.41) is 12.2. The summed E-state index contributed by atoms with van der Waals surface area (Å²) < 4.78 is 11.8. The molecule has 7 heteroatoms. The van der Waals surface area contributed by atoms with Crippen LogP contribution in [0, 0.1) is 0 Å². The van der Waals surface area contributed by atoms with Crippen LogP contribution in [0.15, 0.2) is 103 Å². The number of hydrogen-bond donors (Lipinski definition) is 0. The van der Waals surface area contributed by atoms with E-state index in [0.29, 0.717) is 11.8 Å². The minimum absolute atomic E-state index is 0.356. The molecule has 254 valence electrons. The van der Waals surface area contributed by atoms with Crippen molar-refractivity contribution in [3.63, 3.8) is 0 Å². The van der Waals surface area contributed by atoms with Gasteiger partial charge in [-0.3, -0.25) is 9.13 Å². The highest BCUT2D eigenvalue weighted by atomic mass is 15.4. The van der Waals surface area contributed by atoms with Crippen LogP contribution < -0.4 is 0 Å². The lowest BCUT2D eigenvalue weighted by Crippen LogP contribution is -2.11. The maximum atomic E-state index is 4.87. The fourth-order valence-electron chi connectivity index (χ4n) is 8.84. The summed E-state index contributed by atoms with van der Waals surface area (Å²) >= 11 is 0. The second kappa shape index (κ2) is 11.5. The van der Waals surface area contributed by atoms with E-state index >= 15 is 0 Å². The van der Waals surface area contributed by atoms with Crippen LogP contribution in [-0.4, -0.2) is 33.3 Å². The summed E-state index contributed by atoms with van der Waals surface area (Å²) in [6.07, 6.45) is 10.4. The van der Waals surface area contributed by atoms with Crippen molar-refractivity contribution in [3.05, 3.63) is 137 Å². The van der Waals surface area contributed by atoms with Crippen molar-refractivity contribution in [3.8, 4) is 28.7 Å². The molecule has 0 saturated carbocycles. The Bertz CT molecular complexity index is 2440. The average molecular weight is 670 g/mol. The smallest absolute Gasteiger partial charge is 0.142 e. The van der Waals surface area contributed by atoms with Crippen LogP contribution in [0.5, 0.6) is 0 Å². The molecule has 0 spiro atoms. The Morgan fingerprint density at radius 2 is 0.980 bits per heavy atom. The minimum atomic E-state index is 0.356. The van der Waals surface area contributed by atoms with E-state index in [2.05, 4.69) is 142 Å². The molecular weight excluding hydrogens is 627 g/mol. The van der Waals surface area contributed by atoms with Crippen molar-refractivity contribution in [2.45, 2.75) is 78.1 Å². The van der Waals surface area contributed by atoms with Gasteiger partial charge in [0.15, 0.2) is 0 Å². The van der Waals surface area contributed by atoms with E-state index in [-0.39, 0.29) is 0 Å². The molecule has 0 saturated heterocycles. The molecule has 0 atom stereocenters. The van der Waals surface area contributed by atoms with Crippen molar-refractivity contribution in [2.24, 2.45) is 0 Å². The van der Waals surface area contributed by atoms with Gasteiger partial charge in [-0.25, -0.2) is 9.36 Å². The molecule has 0 N–H and O–H groups in total. The Balaban J connectivity index is 1.26. The Morgan fingerprint density at radius 3 is 1.45 bits per heavy atom. The van der Waals surface area contributed by atoms with E-state index in [1.165, 1.54) is 78.7 Å². The molecule has 51 heavy (non-hydrogen) atoms. The lowest BCUT2D eigenvalue weighted by atomic mass is 10.1. The van der Waals surface area contributed by atoms with Gasteiger partial charge < -0.3 is 4.57 Å². The quantitative estimate of drug-likeness (QED) is 0.183. The van der Waals surface area contributed by atoms with Crippen molar-refractivity contribution in [1.82, 2.24) is 33.3 Å². The second-order valence-corrected chi connectivity index (χ2v) is 15.1. The van der Waals surface area contributed by atoms with E-state index in [1.807, 2.05) is 12.4 Å². The predicted octanol–water partition coefficient (Wildman–Crippen LogP) is 9.96. The normalized spacial score (nSPS) is 14.2. The second-order valence-electron chi connectivity index (χ2n) is 15.1. The topological polar surface area (TPSA) is 50.4 Å². The zero-order chi connectivity index (χ0) is 34.4. The molecule has 0 aliphatic carbocycles. The summed E-state index contributed by atoms with van der Waals surface area (Å²) in [5.41, 5.74) is 13.9. The summed E-state index contributed by atoms with van der Waals surface area (Å²) in [6, 6.07) is 34.1. The highest BCUT2D eigenvalue weighted by Gasteiger charge is 2.27. The summed E-state index contributed by atoms with van der Waals surface area (Å²) in [7, 11) is 0. The van der Waals surface area contributed by atoms with E-state index in [9.17, 15) is 0 Å². The van der Waals surface area contributed by atoms with Gasteiger partial charge in [0.1, 0.15) is 11.6 Å². The van der Waals surface area contributed by atoms with Gasteiger partial charge in [-0.1, -0.05) is 45.9 Å². The fourth-order valence-corrected chi connectivity index (χ4v) is 8.84. The molecule has 3 aromatic carbocycles. The summed E-state index contributed by atoms with van der Waals surface area (Å²) in [4.78, 5) is 0. The number of benzene rings is 3. The van der Waals surface area contributed by atoms with Gasteiger partial charge in [0, 0.05) is 63.0 Å². The van der Waals surface area contributed by atoms with Gasteiger partial charge in [0.05, 0.1) is 11.0 Å². The third kappa shape index (κ3) is 4.56. The molecule has 7 heterocycles. The fraction of sp³-hybridized carbons (Fsp3) is 0.273. The third-order valence-corrected chi connectivity index (χ3v) is 11.2. The summed E-state index contributed by atoms with van der Waals surface area (Å²) in [6.45, 7) is 9.22. The molecule has 2 aliphatic rings. The van der Waals surface area contributed by atoms with Crippen molar-refractivity contribution >= 4 is 21.8 Å². The first-order chi connectivity index (χ1) is 25.0. The molecule has 0 radical (unpaired) electrons. The molecule has 0 fully saturated rings. The monoisotopic (exact) mass is 669 g/mol. The Morgan fingerprint density at radius 1 is 0.490 bits per heavy atom. The number of fused-ring (bicyclic) bond motifs is 9. The van der Waals surface area contributed by atoms with Gasteiger partial charge in [-0.05, 0) is 134 Å². The number of rotatable bonds is 5. The van der Waals surface area contributed by atoms with Gasteiger partial charge in [0.2, 0.25) is 0 Å². The molecule has 8 aromatic rings. The zero-order valence-electron chi connectivity index (χ0n) is 29.8. The number of aromatic nitrogens is 7. The maximum Gasteiger partial charge on any atom is 0.142 e. The van der Waals surface area contributed by atoms with Gasteiger partial charge in [-0.15, -0.1) is 0 Å². The minimum Gasteiger partial charge on any atom is -0.309 e. The molecule has 7 nitrogen and oxygen atoms in total. The molecule has 10 rings (SSSR count). The molecule has 0 amide bonds. The first-order valence-corrected chi connectivity index (χ1v) is 18.7. The SMILES string of the molecule is CC(C)c1cc2c(n1-c1ccc3c(c1)c1cc(-n4c(C(C)C)cc5c4-n4nccc4CCC5)ccc1n3-c1ccccc1)-n1nccc1CCC2. The highest BCUT2D eigenvalue weighted by molar-refractivity contribution is 6.10. The highest BCUT2D eigenvalue weighted by Crippen LogP contribution is 2.40. The molecule has 0 bridgehead atoms. The van der Waals surface area contributed by atoms with Crippen molar-refractivity contribution < 1.29 is 0 Å². The van der Waals surface area contributed by atoms with Crippen molar-refractivity contribution in [1.29, 1.82) is 0 Å². The lowest BCUT2D eigenvalue weighted by Gasteiger charge is -2.18. The molecule has 5 aromatic heterocycles. The average Bonchev–Trinajstić information content (AvgIpc) is 3.95. The van der Waals surface area contributed by atoms with Gasteiger partial charge in [-0.2, -0.15) is 10.2 Å². The van der Waals surface area contributed by atoms with Crippen LogP contribution in [0.4, 0.5) is 0 Å². The zero-order valence-corrected chi connectivity index (χ0v) is 29.8. The van der Waals surface area contributed by atoms with E-state index in [1.54, 1.807) is 0 Å². The van der Waals surface area contributed by atoms with Crippen LogP contribution >= 0.6 is 0 Å². The number of aryl methyl sites for hydroxylation is 4. The largest absolute Gasteiger partial charge is 0.309 e. The number of nitrogens with zero attached hydrogens (tertiary/aromatic N) is 7. The first-order valence-electron chi connectivity index (χ1n) is 18.7. The van der Waals surface area contributed by atoms with Crippen LogP contribution in [0.1, 0.15) is 86.3 Å². The third-order valence-electron chi connectivity index (χ3n) is 11.2. The molecule has 2 aliphatic heterocycles. The van der Waals surface area contributed by atoms with E-state index in [4.69, 9.17) is 10.2 Å². The molecule has 0 unspecified atom stereocenters. The Kier molecular flexibility index (Phi) is 6.82. The number of para-hydroxylation sites is 1. The van der Waals surface area contributed by atoms with Crippen LogP contribution in [-0.2, 0) is 25.7 Å². The van der Waals surface area contributed by atoms with Crippen molar-refractivity contribution in [2.75, 3.05) is 0 Å². The lowest BCUT2D eigenvalue weighted by molar-refractivity contribution is 0.724. The Hall–Kier alpha value is -5.56. The standard InChI is InChI=1S/C44H43N7/c1-28(2)41-24-30-10-8-14-33-20-22-45-50(33)43(30)48(41)35-16-18-39-37(26-35)38-27-36(17-19-40(38)47(39)32-12-6-5-7-13-32)49-42(29(3)4)25-31-11-9-15-34-21-23-46-51(34)44(31)49/h5-7,12-13,16-29H,8-11,14-15H2,1-4H3. The van der Waals surface area contributed by atoms with Crippen LogP contribution in [0.3, 0.4) is 0 Å². The van der Waals surface area contributed by atoms with Crippen LogP contribution in [0.2, 0.25) is 0 Å². The summed E-state index contributed by atoms with van der Waals surface area (Å²) in [5.74, 6) is 3.09. The van der Waals surface area contributed by atoms with Gasteiger partial charge >= 0.3 is 0 Å². The maximum absolute atomic E-state index is 4.87. The van der Waals surface area contributed by atoms with E-state index in [0.717, 1.165) is 44.2 Å².